The van der Waals surface area contributed by atoms with Crippen molar-refractivity contribution in [3.63, 3.8) is 0 Å². The van der Waals surface area contributed by atoms with Crippen LogP contribution in [0.2, 0.25) is 0 Å². The van der Waals surface area contributed by atoms with Gasteiger partial charge in [0.1, 0.15) is 17.2 Å². The summed E-state index contributed by atoms with van der Waals surface area (Å²) < 4.78 is 41.9. The summed E-state index contributed by atoms with van der Waals surface area (Å²) in [6, 6.07) is 5.18. The van der Waals surface area contributed by atoms with Crippen LogP contribution >= 0.6 is 0 Å². The van der Waals surface area contributed by atoms with E-state index in [9.17, 15) is 18.0 Å². The van der Waals surface area contributed by atoms with Crippen LogP contribution in [0.15, 0.2) is 36.8 Å². The molecular formula is C23H22F3N3O. The number of hydrogen-bond acceptors (Lipinski definition) is 3. The highest BCUT2D eigenvalue weighted by atomic mass is 19.1. The Morgan fingerprint density at radius 2 is 1.73 bits per heavy atom. The van der Waals surface area contributed by atoms with Gasteiger partial charge in [0, 0.05) is 11.8 Å². The number of fused-ring (bicyclic) bond motifs is 1. The molecule has 1 amide bonds. The van der Waals surface area contributed by atoms with Gasteiger partial charge in [-0.15, -0.1) is 0 Å². The van der Waals surface area contributed by atoms with Crippen LogP contribution in [-0.2, 0) is 12.8 Å². The Bertz CT molecular complexity index is 1060. The van der Waals surface area contributed by atoms with E-state index in [0.29, 0.717) is 11.1 Å². The molecule has 3 aromatic rings. The van der Waals surface area contributed by atoms with E-state index in [4.69, 9.17) is 0 Å². The number of nitrogens with zero attached hydrogens (tertiary/aromatic N) is 2. The zero-order valence-electron chi connectivity index (χ0n) is 17.0. The van der Waals surface area contributed by atoms with Crippen molar-refractivity contribution < 1.29 is 18.0 Å². The van der Waals surface area contributed by atoms with Crippen LogP contribution in [0.25, 0.3) is 11.1 Å². The molecule has 1 aliphatic rings. The summed E-state index contributed by atoms with van der Waals surface area (Å²) in [5.41, 5.74) is 3.08. The van der Waals surface area contributed by atoms with Crippen LogP contribution in [0.4, 0.5) is 19.0 Å². The molecule has 0 unspecified atom stereocenters. The van der Waals surface area contributed by atoms with Gasteiger partial charge >= 0.3 is 0 Å². The maximum Gasteiger partial charge on any atom is 0.262 e. The number of amides is 1. The normalized spacial score (nSPS) is 12.1. The Labute approximate surface area is 173 Å². The van der Waals surface area contributed by atoms with E-state index in [1.54, 1.807) is 13.0 Å². The van der Waals surface area contributed by atoms with E-state index in [2.05, 4.69) is 15.3 Å². The van der Waals surface area contributed by atoms with Gasteiger partial charge in [-0.3, -0.25) is 9.78 Å². The molecular weight excluding hydrogens is 391 g/mol. The predicted molar refractivity (Wildman–Crippen MR) is 110 cm³/mol. The molecule has 2 heterocycles. The van der Waals surface area contributed by atoms with Crippen molar-refractivity contribution in [2.75, 3.05) is 5.32 Å². The highest BCUT2D eigenvalue weighted by molar-refractivity contribution is 6.04. The lowest BCUT2D eigenvalue weighted by Crippen LogP contribution is -2.17. The van der Waals surface area contributed by atoms with Gasteiger partial charge in [-0.2, -0.15) is 0 Å². The zero-order valence-corrected chi connectivity index (χ0v) is 17.0. The van der Waals surface area contributed by atoms with Gasteiger partial charge in [0.15, 0.2) is 11.6 Å². The van der Waals surface area contributed by atoms with Gasteiger partial charge in [0.2, 0.25) is 0 Å². The standard InChI is InChI=1S/C21H16F3N3O.C2H6/c1-11-15(7-12-3-2-4-14(12)20(11)24)13-5-6-18(26-8-13)27-21(28)19-16(22)9-25-10-17(19)23;1-2/h5-10H,2-4H2,1H3,(H,26,27,28);1-2H3. The lowest BCUT2D eigenvalue weighted by Gasteiger charge is -2.12. The summed E-state index contributed by atoms with van der Waals surface area (Å²) in [7, 11) is 0. The third kappa shape index (κ3) is 4.06. The molecule has 0 fully saturated rings. The van der Waals surface area contributed by atoms with Crippen molar-refractivity contribution in [3.8, 4) is 11.1 Å². The molecule has 4 rings (SSSR count). The first-order valence-electron chi connectivity index (χ1n) is 9.83. The highest BCUT2D eigenvalue weighted by Gasteiger charge is 2.21. The number of anilines is 1. The Kier molecular flexibility index (Phi) is 6.50. The number of rotatable bonds is 3. The number of halogens is 3. The van der Waals surface area contributed by atoms with Crippen molar-refractivity contribution in [1.82, 2.24) is 9.97 Å². The Hall–Kier alpha value is -3.22. The fourth-order valence-corrected chi connectivity index (χ4v) is 3.54. The predicted octanol–water partition coefficient (Wildman–Crippen LogP) is 5.64. The van der Waals surface area contributed by atoms with Crippen LogP contribution in [0.1, 0.15) is 47.3 Å². The molecule has 7 heteroatoms. The molecule has 1 aliphatic carbocycles. The number of carbonyl (C=O) groups excluding carboxylic acids is 1. The van der Waals surface area contributed by atoms with Gasteiger partial charge in [-0.05, 0) is 60.6 Å². The molecule has 0 atom stereocenters. The summed E-state index contributed by atoms with van der Waals surface area (Å²) in [6.45, 7) is 5.73. The minimum atomic E-state index is -1.06. The van der Waals surface area contributed by atoms with E-state index in [1.165, 1.54) is 12.3 Å². The van der Waals surface area contributed by atoms with Gasteiger partial charge in [0.05, 0.1) is 12.4 Å². The Morgan fingerprint density at radius 1 is 1.03 bits per heavy atom. The summed E-state index contributed by atoms with van der Waals surface area (Å²) in [4.78, 5) is 19.6. The number of nitrogens with one attached hydrogen (secondary N) is 1. The largest absolute Gasteiger partial charge is 0.306 e. The molecule has 0 bridgehead atoms. The first-order chi connectivity index (χ1) is 14.5. The third-order valence-electron chi connectivity index (χ3n) is 4.97. The van der Waals surface area contributed by atoms with Crippen molar-refractivity contribution in [3.05, 3.63) is 76.5 Å². The number of aromatic nitrogens is 2. The quantitative estimate of drug-likeness (QED) is 0.605. The van der Waals surface area contributed by atoms with Gasteiger partial charge < -0.3 is 5.32 Å². The second-order valence-corrected chi connectivity index (χ2v) is 6.72. The molecule has 0 spiro atoms. The van der Waals surface area contributed by atoms with Crippen LogP contribution in [0.3, 0.4) is 0 Å². The average Bonchev–Trinajstić information content (AvgIpc) is 3.22. The van der Waals surface area contributed by atoms with E-state index >= 15 is 0 Å². The topological polar surface area (TPSA) is 54.9 Å². The fraction of sp³-hybridized carbons (Fsp3) is 0.261. The van der Waals surface area contributed by atoms with Gasteiger partial charge in [0.25, 0.3) is 5.91 Å². The van der Waals surface area contributed by atoms with Crippen molar-refractivity contribution in [1.29, 1.82) is 0 Å². The maximum atomic E-state index is 14.6. The Balaban J connectivity index is 0.00000124. The molecule has 1 aromatic carbocycles. The van der Waals surface area contributed by atoms with E-state index in [0.717, 1.165) is 48.3 Å². The molecule has 30 heavy (non-hydrogen) atoms. The lowest BCUT2D eigenvalue weighted by molar-refractivity contribution is 0.101. The molecule has 156 valence electrons. The van der Waals surface area contributed by atoms with Crippen molar-refractivity contribution >= 4 is 11.7 Å². The highest BCUT2D eigenvalue weighted by Crippen LogP contribution is 2.34. The second kappa shape index (κ2) is 9.07. The van der Waals surface area contributed by atoms with Crippen LogP contribution in [0, 0.1) is 24.4 Å². The minimum Gasteiger partial charge on any atom is -0.306 e. The molecule has 2 aromatic heterocycles. The van der Waals surface area contributed by atoms with E-state index < -0.39 is 23.1 Å². The minimum absolute atomic E-state index is 0.128. The molecule has 0 saturated heterocycles. The van der Waals surface area contributed by atoms with Crippen molar-refractivity contribution in [2.24, 2.45) is 0 Å². The third-order valence-corrected chi connectivity index (χ3v) is 4.97. The zero-order chi connectivity index (χ0) is 21.8. The first kappa shape index (κ1) is 21.5. The molecule has 1 N–H and O–H groups in total. The van der Waals surface area contributed by atoms with Crippen molar-refractivity contribution in [2.45, 2.75) is 40.0 Å². The maximum absolute atomic E-state index is 14.6. The molecule has 0 aliphatic heterocycles. The fourth-order valence-electron chi connectivity index (χ4n) is 3.54. The lowest BCUT2D eigenvalue weighted by atomic mass is 9.96. The molecule has 0 radical (unpaired) electrons. The summed E-state index contributed by atoms with van der Waals surface area (Å²) in [6.07, 6.45) is 5.58. The van der Waals surface area contributed by atoms with E-state index in [-0.39, 0.29) is 11.6 Å². The summed E-state index contributed by atoms with van der Waals surface area (Å²) in [5, 5.41) is 2.35. The van der Waals surface area contributed by atoms with Crippen LogP contribution in [0.5, 0.6) is 0 Å². The monoisotopic (exact) mass is 413 g/mol. The molecule has 0 saturated carbocycles. The van der Waals surface area contributed by atoms with Crippen LogP contribution in [-0.4, -0.2) is 15.9 Å². The number of pyridine rings is 2. The Morgan fingerprint density at radius 3 is 2.37 bits per heavy atom. The number of hydrogen-bond donors (Lipinski definition) is 1. The number of benzene rings is 1. The summed E-state index contributed by atoms with van der Waals surface area (Å²) in [5.74, 6) is -3.12. The van der Waals surface area contributed by atoms with Gasteiger partial charge in [-0.25, -0.2) is 18.2 Å². The summed E-state index contributed by atoms with van der Waals surface area (Å²) >= 11 is 0. The van der Waals surface area contributed by atoms with E-state index in [1.807, 2.05) is 19.9 Å². The smallest absolute Gasteiger partial charge is 0.262 e. The first-order valence-corrected chi connectivity index (χ1v) is 9.83. The second-order valence-electron chi connectivity index (χ2n) is 6.72. The van der Waals surface area contributed by atoms with Gasteiger partial charge in [-0.1, -0.05) is 19.9 Å². The number of aryl methyl sites for hydroxylation is 1. The number of carbonyl (C=O) groups is 1. The average molecular weight is 413 g/mol. The SMILES string of the molecule is CC.Cc1c(-c2ccc(NC(=O)c3c(F)cncc3F)nc2)cc2c(c1F)CCC2. The molecule has 4 nitrogen and oxygen atoms in total. The van der Waals surface area contributed by atoms with Crippen LogP contribution < -0.4 is 5.32 Å².